The largest absolute Gasteiger partial charge is 0.486 e. The van der Waals surface area contributed by atoms with E-state index < -0.39 is 5.97 Å². The molecule has 0 radical (unpaired) electrons. The molecule has 1 aliphatic rings. The van der Waals surface area contributed by atoms with Crippen LogP contribution < -0.4 is 9.47 Å². The highest BCUT2D eigenvalue weighted by Gasteiger charge is 2.17. The van der Waals surface area contributed by atoms with Gasteiger partial charge in [0, 0.05) is 11.0 Å². The maximum Gasteiger partial charge on any atom is 0.304 e. The summed E-state index contributed by atoms with van der Waals surface area (Å²) in [6.07, 6.45) is 0.156. The highest BCUT2D eigenvalue weighted by Crippen LogP contribution is 2.39. The van der Waals surface area contributed by atoms with Crippen LogP contribution in [0.25, 0.3) is 0 Å². The Morgan fingerprint density at radius 3 is 2.95 bits per heavy atom. The number of thioether (sulfide) groups is 1. The van der Waals surface area contributed by atoms with Crippen LogP contribution in [0.3, 0.4) is 0 Å². The molecule has 19 heavy (non-hydrogen) atoms. The van der Waals surface area contributed by atoms with Crippen LogP contribution in [-0.4, -0.2) is 29.5 Å². The molecule has 0 amide bonds. The van der Waals surface area contributed by atoms with Gasteiger partial charge >= 0.3 is 5.97 Å². The number of carbonyl (C=O) groups is 1. The van der Waals surface area contributed by atoms with Crippen LogP contribution in [0.1, 0.15) is 18.9 Å². The predicted molar refractivity (Wildman–Crippen MR) is 75.5 cm³/mol. The van der Waals surface area contributed by atoms with Crippen molar-refractivity contribution in [3.63, 3.8) is 0 Å². The summed E-state index contributed by atoms with van der Waals surface area (Å²) in [5.41, 5.74) is 1.01. The summed E-state index contributed by atoms with van der Waals surface area (Å²) >= 11 is 7.72. The fourth-order valence-corrected chi connectivity index (χ4v) is 2.98. The lowest BCUT2D eigenvalue weighted by Gasteiger charge is -2.20. The van der Waals surface area contributed by atoms with Gasteiger partial charge in [0.25, 0.3) is 0 Å². The van der Waals surface area contributed by atoms with Crippen molar-refractivity contribution >= 4 is 29.3 Å². The minimum atomic E-state index is -0.778. The molecule has 1 unspecified atom stereocenters. The molecule has 0 saturated heterocycles. The Bertz CT molecular complexity index is 478. The molecule has 0 spiro atoms. The molecule has 0 fully saturated rings. The van der Waals surface area contributed by atoms with E-state index in [2.05, 4.69) is 0 Å². The fourth-order valence-electron chi connectivity index (χ4n) is 1.79. The number of aliphatic carboxylic acids is 1. The van der Waals surface area contributed by atoms with Gasteiger partial charge in [0.05, 0.1) is 11.4 Å². The van der Waals surface area contributed by atoms with Crippen LogP contribution in [0.2, 0.25) is 5.02 Å². The minimum absolute atomic E-state index is 0.0597. The Kier molecular flexibility index (Phi) is 4.82. The first-order valence-corrected chi connectivity index (χ1v) is 7.40. The second-order valence-corrected chi connectivity index (χ2v) is 6.16. The molecular weight excluding hydrogens is 288 g/mol. The van der Waals surface area contributed by atoms with Crippen LogP contribution in [0, 0.1) is 0 Å². The number of rotatable bonds is 5. The van der Waals surface area contributed by atoms with Gasteiger partial charge in [0.15, 0.2) is 11.5 Å². The van der Waals surface area contributed by atoms with E-state index in [0.717, 1.165) is 5.56 Å². The summed E-state index contributed by atoms with van der Waals surface area (Å²) in [5.74, 6) is 1.19. The molecule has 104 valence electrons. The molecule has 1 aromatic rings. The zero-order valence-electron chi connectivity index (χ0n) is 10.5. The van der Waals surface area contributed by atoms with Gasteiger partial charge in [-0.05, 0) is 17.7 Å². The van der Waals surface area contributed by atoms with Crippen LogP contribution in [0.4, 0.5) is 0 Å². The molecule has 4 nitrogen and oxygen atoms in total. The molecule has 1 aromatic carbocycles. The number of ether oxygens (including phenoxy) is 2. The number of hydrogen-bond donors (Lipinski definition) is 1. The zero-order valence-corrected chi connectivity index (χ0v) is 12.1. The molecule has 6 heteroatoms. The molecule has 1 N–H and O–H groups in total. The van der Waals surface area contributed by atoms with Crippen molar-refractivity contribution in [1.29, 1.82) is 0 Å². The maximum absolute atomic E-state index is 10.6. The van der Waals surface area contributed by atoms with E-state index >= 15 is 0 Å². The number of benzene rings is 1. The van der Waals surface area contributed by atoms with Crippen molar-refractivity contribution in [3.05, 3.63) is 22.7 Å². The standard InChI is InChI=1S/C13H15ClO4S/c1-8(4-12(15)16)19-7-9-5-10(14)13-11(6-9)17-2-3-18-13/h5-6,8H,2-4,7H2,1H3,(H,15,16). The Balaban J connectivity index is 2.01. The van der Waals surface area contributed by atoms with Gasteiger partial charge in [0.2, 0.25) is 0 Å². The van der Waals surface area contributed by atoms with Gasteiger partial charge in [-0.25, -0.2) is 0 Å². The first-order chi connectivity index (χ1) is 9.06. The van der Waals surface area contributed by atoms with E-state index in [1.54, 1.807) is 11.8 Å². The van der Waals surface area contributed by atoms with Gasteiger partial charge in [-0.15, -0.1) is 0 Å². The Morgan fingerprint density at radius 1 is 1.47 bits per heavy atom. The van der Waals surface area contributed by atoms with Crippen LogP contribution in [0.5, 0.6) is 11.5 Å². The number of carboxylic acids is 1. The van der Waals surface area contributed by atoms with Crippen molar-refractivity contribution in [2.24, 2.45) is 0 Å². The average Bonchev–Trinajstić information content (AvgIpc) is 2.36. The van der Waals surface area contributed by atoms with E-state index in [-0.39, 0.29) is 11.7 Å². The van der Waals surface area contributed by atoms with Crippen molar-refractivity contribution < 1.29 is 19.4 Å². The van der Waals surface area contributed by atoms with E-state index in [9.17, 15) is 4.79 Å². The summed E-state index contributed by atoms with van der Waals surface area (Å²) in [6.45, 7) is 2.93. The normalized spacial score (nSPS) is 15.1. The SMILES string of the molecule is CC(CC(=O)O)SCc1cc(Cl)c2c(c1)OCCO2. The Morgan fingerprint density at radius 2 is 2.21 bits per heavy atom. The second kappa shape index (κ2) is 6.39. The molecule has 0 aliphatic carbocycles. The van der Waals surface area contributed by atoms with E-state index in [0.29, 0.717) is 35.5 Å². The molecule has 2 rings (SSSR count). The first kappa shape index (κ1) is 14.3. The highest BCUT2D eigenvalue weighted by molar-refractivity contribution is 7.99. The van der Waals surface area contributed by atoms with Gasteiger partial charge in [0.1, 0.15) is 13.2 Å². The molecule has 1 heterocycles. The van der Waals surface area contributed by atoms with Crippen molar-refractivity contribution in [2.75, 3.05) is 13.2 Å². The summed E-state index contributed by atoms with van der Waals surface area (Å²) < 4.78 is 10.9. The van der Waals surface area contributed by atoms with Crippen molar-refractivity contribution in [3.8, 4) is 11.5 Å². The molecule has 0 bridgehead atoms. The van der Waals surface area contributed by atoms with Crippen molar-refractivity contribution in [1.82, 2.24) is 0 Å². The van der Waals surface area contributed by atoms with Crippen LogP contribution in [-0.2, 0) is 10.5 Å². The number of fused-ring (bicyclic) bond motifs is 1. The van der Waals surface area contributed by atoms with Gasteiger partial charge in [-0.3, -0.25) is 4.79 Å². The van der Waals surface area contributed by atoms with Crippen LogP contribution in [0.15, 0.2) is 12.1 Å². The van der Waals surface area contributed by atoms with E-state index in [1.807, 2.05) is 19.1 Å². The van der Waals surface area contributed by atoms with Crippen molar-refractivity contribution in [2.45, 2.75) is 24.3 Å². The molecule has 1 aliphatic heterocycles. The third-order valence-corrected chi connectivity index (χ3v) is 4.17. The summed E-state index contributed by atoms with van der Waals surface area (Å²) in [7, 11) is 0. The maximum atomic E-state index is 10.6. The number of halogens is 1. The summed E-state index contributed by atoms with van der Waals surface area (Å²) in [4.78, 5) is 10.6. The predicted octanol–water partition coefficient (Wildman–Crippen LogP) is 3.21. The number of carboxylic acid groups (broad SMARTS) is 1. The molecule has 0 saturated carbocycles. The molecular formula is C13H15ClO4S. The smallest absolute Gasteiger partial charge is 0.304 e. The number of hydrogen-bond acceptors (Lipinski definition) is 4. The molecule has 1 atom stereocenters. The lowest BCUT2D eigenvalue weighted by Crippen LogP contribution is -2.15. The van der Waals surface area contributed by atoms with Crippen LogP contribution >= 0.6 is 23.4 Å². The van der Waals surface area contributed by atoms with Gasteiger partial charge in [-0.2, -0.15) is 11.8 Å². The third-order valence-electron chi connectivity index (χ3n) is 2.65. The van der Waals surface area contributed by atoms with Gasteiger partial charge < -0.3 is 14.6 Å². The third kappa shape index (κ3) is 3.94. The highest BCUT2D eigenvalue weighted by atomic mass is 35.5. The minimum Gasteiger partial charge on any atom is -0.486 e. The fraction of sp³-hybridized carbons (Fsp3) is 0.462. The Labute approximate surface area is 121 Å². The quantitative estimate of drug-likeness (QED) is 0.905. The lowest BCUT2D eigenvalue weighted by molar-refractivity contribution is -0.136. The second-order valence-electron chi connectivity index (χ2n) is 4.32. The average molecular weight is 303 g/mol. The molecule has 0 aromatic heterocycles. The lowest BCUT2D eigenvalue weighted by atomic mass is 10.2. The Hall–Kier alpha value is -1.07. The summed E-state index contributed by atoms with van der Waals surface area (Å²) in [5, 5.41) is 9.31. The summed E-state index contributed by atoms with van der Waals surface area (Å²) in [6, 6.07) is 3.75. The zero-order chi connectivity index (χ0) is 13.8. The van der Waals surface area contributed by atoms with E-state index in [1.165, 1.54) is 0 Å². The van der Waals surface area contributed by atoms with E-state index in [4.69, 9.17) is 26.2 Å². The van der Waals surface area contributed by atoms with Gasteiger partial charge in [-0.1, -0.05) is 18.5 Å². The monoisotopic (exact) mass is 302 g/mol. The first-order valence-electron chi connectivity index (χ1n) is 5.97. The topological polar surface area (TPSA) is 55.8 Å².